The number of nitrogens with zero attached hydrogens (tertiary/aromatic N) is 2. The maximum absolute atomic E-state index is 13.9. The van der Waals surface area contributed by atoms with Crippen LogP contribution in [-0.2, 0) is 22.8 Å². The highest BCUT2D eigenvalue weighted by atomic mass is 32.2. The second kappa shape index (κ2) is 6.42. The largest absolute Gasteiger partial charge is 0.493 e. The molecule has 2 aromatic rings. The lowest BCUT2D eigenvalue weighted by Gasteiger charge is -2.19. The number of aromatic hydroxyl groups is 1. The van der Waals surface area contributed by atoms with Crippen molar-refractivity contribution < 1.29 is 31.5 Å². The van der Waals surface area contributed by atoms with Gasteiger partial charge in [-0.3, -0.25) is 4.79 Å². The smallest absolute Gasteiger partial charge is 0.302 e. The number of ketones is 1. The van der Waals surface area contributed by atoms with Crippen molar-refractivity contribution in [1.82, 2.24) is 9.78 Å². The van der Waals surface area contributed by atoms with Crippen molar-refractivity contribution in [3.63, 3.8) is 0 Å². The van der Waals surface area contributed by atoms with Gasteiger partial charge in [0.25, 0.3) is 0 Å². The molecule has 0 saturated heterocycles. The first-order valence-electron chi connectivity index (χ1n) is 7.38. The van der Waals surface area contributed by atoms with E-state index in [4.69, 9.17) is 0 Å². The van der Waals surface area contributed by atoms with Crippen molar-refractivity contribution >= 4 is 15.6 Å². The fourth-order valence-electron chi connectivity index (χ4n) is 2.82. The third kappa shape index (κ3) is 3.20. The second-order valence-corrected chi connectivity index (χ2v) is 7.91. The maximum atomic E-state index is 13.9. The molecule has 10 heteroatoms. The van der Waals surface area contributed by atoms with E-state index in [-0.39, 0.29) is 22.4 Å². The predicted molar refractivity (Wildman–Crippen MR) is 87.2 cm³/mol. The first kappa shape index (κ1) is 20.0. The van der Waals surface area contributed by atoms with Gasteiger partial charge in [-0.05, 0) is 19.4 Å². The molecule has 0 fully saturated rings. The summed E-state index contributed by atoms with van der Waals surface area (Å²) >= 11 is 0. The van der Waals surface area contributed by atoms with Crippen LogP contribution in [0.2, 0.25) is 0 Å². The maximum Gasteiger partial charge on any atom is 0.302 e. The molecule has 0 atom stereocenters. The van der Waals surface area contributed by atoms with E-state index in [9.17, 15) is 31.5 Å². The van der Waals surface area contributed by atoms with Gasteiger partial charge in [0.2, 0.25) is 11.7 Å². The topological polar surface area (TPSA) is 89.3 Å². The molecule has 1 heterocycles. The number of aromatic nitrogens is 2. The summed E-state index contributed by atoms with van der Waals surface area (Å²) in [5.74, 6) is -5.23. The average molecular weight is 390 g/mol. The van der Waals surface area contributed by atoms with Gasteiger partial charge in [0.1, 0.15) is 5.56 Å². The van der Waals surface area contributed by atoms with Crippen LogP contribution in [0.5, 0.6) is 5.88 Å². The van der Waals surface area contributed by atoms with Crippen LogP contribution in [0, 0.1) is 13.8 Å². The first-order valence-corrected chi connectivity index (χ1v) is 9.27. The van der Waals surface area contributed by atoms with E-state index in [1.54, 1.807) is 0 Å². The summed E-state index contributed by atoms with van der Waals surface area (Å²) in [5, 5.41) is 13.9. The number of carbonyl (C=O) groups excluding carboxylic acids is 1. The van der Waals surface area contributed by atoms with Crippen molar-refractivity contribution in [2.24, 2.45) is 7.05 Å². The van der Waals surface area contributed by atoms with Crippen LogP contribution in [0.4, 0.5) is 13.2 Å². The number of alkyl halides is 3. The molecule has 0 aliphatic heterocycles. The van der Waals surface area contributed by atoms with Crippen molar-refractivity contribution in [3.8, 4) is 5.88 Å². The minimum Gasteiger partial charge on any atom is -0.493 e. The van der Waals surface area contributed by atoms with Gasteiger partial charge in [-0.15, -0.1) is 0 Å². The highest BCUT2D eigenvalue weighted by Gasteiger charge is 2.38. The Morgan fingerprint density at radius 2 is 1.88 bits per heavy atom. The molecule has 1 aromatic heterocycles. The van der Waals surface area contributed by atoms with Crippen LogP contribution >= 0.6 is 0 Å². The minimum atomic E-state index is -4.19. The molecule has 0 unspecified atom stereocenters. The van der Waals surface area contributed by atoms with Gasteiger partial charge in [0.05, 0.1) is 10.6 Å². The molecule has 0 aliphatic rings. The molecule has 0 saturated carbocycles. The molecule has 2 rings (SSSR count). The van der Waals surface area contributed by atoms with Gasteiger partial charge in [-0.2, -0.15) is 13.9 Å². The van der Waals surface area contributed by atoms with Crippen LogP contribution in [0.15, 0.2) is 17.0 Å². The molecule has 1 N–H and O–H groups in total. The van der Waals surface area contributed by atoms with Crippen LogP contribution in [0.25, 0.3) is 0 Å². The zero-order valence-corrected chi connectivity index (χ0v) is 15.3. The summed E-state index contributed by atoms with van der Waals surface area (Å²) in [5.41, 5.74) is -1.43. The molecular weight excluding hydrogens is 373 g/mol. The molecule has 0 aliphatic carbocycles. The Kier molecular flexibility index (Phi) is 4.93. The van der Waals surface area contributed by atoms with Crippen molar-refractivity contribution in [2.75, 3.05) is 12.9 Å². The van der Waals surface area contributed by atoms with Gasteiger partial charge < -0.3 is 5.11 Å². The second-order valence-electron chi connectivity index (χ2n) is 5.96. The monoisotopic (exact) mass is 390 g/mol. The fourth-order valence-corrected chi connectivity index (χ4v) is 4.10. The molecule has 0 amide bonds. The average Bonchev–Trinajstić information content (AvgIpc) is 2.77. The van der Waals surface area contributed by atoms with E-state index in [0.29, 0.717) is 6.26 Å². The third-order valence-electron chi connectivity index (χ3n) is 4.00. The molecule has 26 heavy (non-hydrogen) atoms. The number of hydrogen-bond acceptors (Lipinski definition) is 5. The molecule has 0 spiro atoms. The van der Waals surface area contributed by atoms with E-state index in [2.05, 4.69) is 5.10 Å². The van der Waals surface area contributed by atoms with E-state index >= 15 is 0 Å². The van der Waals surface area contributed by atoms with Crippen LogP contribution < -0.4 is 0 Å². The lowest BCUT2D eigenvalue weighted by atomic mass is 9.95. The third-order valence-corrected chi connectivity index (χ3v) is 5.27. The van der Waals surface area contributed by atoms with Crippen molar-refractivity contribution in [1.29, 1.82) is 0 Å². The zero-order chi connectivity index (χ0) is 20.0. The molecule has 142 valence electrons. The Morgan fingerprint density at radius 1 is 1.31 bits per heavy atom. The number of carbonyl (C=O) groups is 1. The van der Waals surface area contributed by atoms with E-state index in [1.165, 1.54) is 20.9 Å². The summed E-state index contributed by atoms with van der Waals surface area (Å²) in [6, 6.07) is 1.72. The summed E-state index contributed by atoms with van der Waals surface area (Å²) < 4.78 is 65.6. The summed E-state index contributed by atoms with van der Waals surface area (Å²) in [4.78, 5) is 12.0. The number of rotatable bonds is 5. The Labute approximate surface area is 148 Å². The predicted octanol–water partition coefficient (Wildman–Crippen LogP) is 2.44. The van der Waals surface area contributed by atoms with Gasteiger partial charge in [-0.25, -0.2) is 17.5 Å². The van der Waals surface area contributed by atoms with Gasteiger partial charge in [0, 0.05) is 24.4 Å². The van der Waals surface area contributed by atoms with Crippen LogP contribution in [0.1, 0.15) is 32.7 Å². The number of hydrogen-bond donors (Lipinski definition) is 1. The Balaban J connectivity index is 2.79. The highest BCUT2D eigenvalue weighted by molar-refractivity contribution is 7.90. The van der Waals surface area contributed by atoms with E-state index in [1.807, 2.05) is 0 Å². The molecular formula is C16H17F3N2O4S. The summed E-state index contributed by atoms with van der Waals surface area (Å²) in [6.45, 7) is 0.570. The molecule has 6 nitrogen and oxygen atoms in total. The van der Waals surface area contributed by atoms with E-state index in [0.717, 1.165) is 16.8 Å². The normalized spacial score (nSPS) is 12.4. The lowest BCUT2D eigenvalue weighted by Crippen LogP contribution is -2.22. The SMILES string of the molecule is Cc1nn(C)c(O)c1C(=O)c1ccc(C(F)(F)CF)c(S(C)(=O)=O)c1C. The first-order chi connectivity index (χ1) is 11.8. The number of benzene rings is 1. The Hall–Kier alpha value is -2.36. The molecule has 1 aromatic carbocycles. The summed E-state index contributed by atoms with van der Waals surface area (Å²) in [7, 11) is -2.79. The molecule has 0 bridgehead atoms. The highest BCUT2D eigenvalue weighted by Crippen LogP contribution is 2.37. The Bertz CT molecular complexity index is 997. The number of halogens is 3. The minimum absolute atomic E-state index is 0.167. The van der Waals surface area contributed by atoms with Gasteiger partial charge >= 0.3 is 5.92 Å². The number of aryl methyl sites for hydroxylation is 2. The number of sulfone groups is 1. The summed E-state index contributed by atoms with van der Waals surface area (Å²) in [6.07, 6.45) is 0.703. The van der Waals surface area contributed by atoms with Gasteiger partial charge in [-0.1, -0.05) is 12.1 Å². The molecule has 0 radical (unpaired) electrons. The zero-order valence-electron chi connectivity index (χ0n) is 14.5. The quantitative estimate of drug-likeness (QED) is 0.792. The standard InChI is InChI=1S/C16H17F3N2O4S/c1-8-10(13(22)12-9(2)20-21(3)15(12)23)5-6-11(16(18,19)7-17)14(8)26(4,24)25/h5-6,23H,7H2,1-4H3. The Morgan fingerprint density at radius 3 is 2.31 bits per heavy atom. The fraction of sp³-hybridized carbons (Fsp3) is 0.375. The van der Waals surface area contributed by atoms with Crippen LogP contribution in [-0.4, -0.2) is 42.0 Å². The van der Waals surface area contributed by atoms with Crippen molar-refractivity contribution in [2.45, 2.75) is 24.7 Å². The van der Waals surface area contributed by atoms with Gasteiger partial charge in [0.15, 0.2) is 16.5 Å². The van der Waals surface area contributed by atoms with Crippen molar-refractivity contribution in [3.05, 3.63) is 40.1 Å². The lowest BCUT2D eigenvalue weighted by molar-refractivity contribution is -0.0308. The van der Waals surface area contributed by atoms with Crippen LogP contribution in [0.3, 0.4) is 0 Å². The van der Waals surface area contributed by atoms with E-state index < -0.39 is 44.6 Å².